The van der Waals surface area contributed by atoms with Gasteiger partial charge >= 0.3 is 42.1 Å². The molecular weight excluding hydrogens is 796 g/mol. The summed E-state index contributed by atoms with van der Waals surface area (Å²) < 4.78 is 0. The minimum absolute atomic E-state index is 0. The maximum Gasteiger partial charge on any atom is 2.00 e. The predicted molar refractivity (Wildman–Crippen MR) is 24.5 cm³/mol. The summed E-state index contributed by atoms with van der Waals surface area (Å²) in [6.45, 7) is 0. The zero-order valence-electron chi connectivity index (χ0n) is 6.02. The fraction of sp³-hybridized carbons (Fsp3) is 0. The van der Waals surface area contributed by atoms with Crippen LogP contribution in [0.5, 0.6) is 0 Å². The summed E-state index contributed by atoms with van der Waals surface area (Å²) in [5, 5.41) is 17.9. The van der Waals surface area contributed by atoms with Gasteiger partial charge in [0.15, 0.2) is 0 Å². The van der Waals surface area contributed by atoms with Gasteiger partial charge in [-0.1, -0.05) is 0 Å². The number of hydrogen-bond donors (Lipinski definition) is 0. The SMILES string of the molecule is O.O.O.O.O=C([O-])C(=O)[O-].[I-].[I-].[Pt+2].[Pt+2]. The summed E-state index contributed by atoms with van der Waals surface area (Å²) in [6, 6.07) is 0. The Morgan fingerprint density at radius 1 is 0.643 bits per heavy atom. The van der Waals surface area contributed by atoms with Gasteiger partial charge in [0.2, 0.25) is 0 Å². The third-order valence-corrected chi connectivity index (χ3v) is 0.167. The van der Waals surface area contributed by atoms with Crippen LogP contribution >= 0.6 is 0 Å². The molecule has 0 heterocycles. The molecule has 0 aliphatic carbocycles. The van der Waals surface area contributed by atoms with Gasteiger partial charge in [-0.2, -0.15) is 0 Å². The summed E-state index contributed by atoms with van der Waals surface area (Å²) in [5.41, 5.74) is 0. The van der Waals surface area contributed by atoms with E-state index in [0.717, 1.165) is 0 Å². The number of carboxylic acid groups (broad SMARTS) is 2. The van der Waals surface area contributed by atoms with Crippen LogP contribution in [-0.4, -0.2) is 33.8 Å². The number of aliphatic carboxylic acids is 2. The minimum atomic E-state index is -2.19. The normalized spacial score (nSPS) is 3.14. The Labute approximate surface area is 142 Å². The molecular formula is C2H8I2O8Pt2. The third kappa shape index (κ3) is 68.7. The van der Waals surface area contributed by atoms with Crippen molar-refractivity contribution in [2.24, 2.45) is 0 Å². The molecule has 0 unspecified atom stereocenters. The summed E-state index contributed by atoms with van der Waals surface area (Å²) in [5.74, 6) is -4.37. The summed E-state index contributed by atoms with van der Waals surface area (Å²) in [6.07, 6.45) is 0. The van der Waals surface area contributed by atoms with Crippen LogP contribution in [0.15, 0.2) is 0 Å². The molecule has 0 atom stereocenters. The molecule has 0 bridgehead atoms. The van der Waals surface area contributed by atoms with Crippen LogP contribution in [0.2, 0.25) is 0 Å². The molecule has 8 nitrogen and oxygen atoms in total. The molecule has 12 heteroatoms. The molecule has 0 aliphatic rings. The van der Waals surface area contributed by atoms with E-state index in [2.05, 4.69) is 0 Å². The summed E-state index contributed by atoms with van der Waals surface area (Å²) >= 11 is 0. The summed E-state index contributed by atoms with van der Waals surface area (Å²) in [7, 11) is 0. The topological polar surface area (TPSA) is 206 Å². The van der Waals surface area contributed by atoms with Gasteiger partial charge in [-0.25, -0.2) is 0 Å². The molecule has 0 spiro atoms. The van der Waals surface area contributed by atoms with Crippen LogP contribution < -0.4 is 58.2 Å². The first-order valence-electron chi connectivity index (χ1n) is 1.07. The first kappa shape index (κ1) is 76.2. The standard InChI is InChI=1S/C2H2O4.2HI.4H2O.2Pt/c3-1(4)2(5)6;;;;;;;;/h(H,3,4)(H,5,6);2*1H;4*1H2;;/q;;;;;;;2*+2/p-4. The fourth-order valence-corrected chi connectivity index (χ4v) is 0. The Morgan fingerprint density at radius 2 is 0.714 bits per heavy atom. The monoisotopic (exact) mass is 804 g/mol. The molecule has 0 aromatic carbocycles. The number of halogens is 2. The molecule has 8 N–H and O–H groups in total. The van der Waals surface area contributed by atoms with Crippen LogP contribution in [0.3, 0.4) is 0 Å². The van der Waals surface area contributed by atoms with Gasteiger partial charge in [0.05, 0.1) is 11.9 Å². The van der Waals surface area contributed by atoms with Gasteiger partial charge in [-0.3, -0.25) is 0 Å². The van der Waals surface area contributed by atoms with Crippen molar-refractivity contribution in [1.82, 2.24) is 0 Å². The van der Waals surface area contributed by atoms with E-state index in [0.29, 0.717) is 0 Å². The van der Waals surface area contributed by atoms with Crippen molar-refractivity contribution in [3.63, 3.8) is 0 Å². The van der Waals surface area contributed by atoms with Crippen molar-refractivity contribution in [1.29, 1.82) is 0 Å². The van der Waals surface area contributed by atoms with E-state index >= 15 is 0 Å². The van der Waals surface area contributed by atoms with Gasteiger partial charge < -0.3 is 89.7 Å². The van der Waals surface area contributed by atoms with Crippen LogP contribution in [0.4, 0.5) is 0 Å². The van der Waals surface area contributed by atoms with E-state index in [-0.39, 0.29) is 112 Å². The second kappa shape index (κ2) is 46.7. The van der Waals surface area contributed by atoms with Crippen molar-refractivity contribution in [3.8, 4) is 0 Å². The number of carbonyl (C=O) groups is 2. The van der Waals surface area contributed by atoms with Crippen LogP contribution in [0, 0.1) is 0 Å². The zero-order chi connectivity index (χ0) is 5.15. The van der Waals surface area contributed by atoms with E-state index in [4.69, 9.17) is 19.8 Å². The van der Waals surface area contributed by atoms with Crippen LogP contribution in [0.1, 0.15) is 0 Å². The summed E-state index contributed by atoms with van der Waals surface area (Å²) in [4.78, 5) is 17.9. The maximum absolute atomic E-state index is 8.93. The van der Waals surface area contributed by atoms with E-state index < -0.39 is 11.9 Å². The van der Waals surface area contributed by atoms with Gasteiger partial charge in [0.1, 0.15) is 0 Å². The molecule has 98 valence electrons. The number of carbonyl (C=O) groups excluding carboxylic acids is 2. The van der Waals surface area contributed by atoms with E-state index in [1.165, 1.54) is 0 Å². The first-order valence-corrected chi connectivity index (χ1v) is 1.07. The Balaban J connectivity index is -0.00000000446. The molecule has 0 saturated carbocycles. The van der Waals surface area contributed by atoms with Crippen molar-refractivity contribution < 1.29 is 132 Å². The van der Waals surface area contributed by atoms with E-state index in [1.54, 1.807) is 0 Å². The van der Waals surface area contributed by atoms with Crippen molar-refractivity contribution in [2.45, 2.75) is 0 Å². The first-order chi connectivity index (χ1) is 2.64. The molecule has 0 aliphatic heterocycles. The second-order valence-corrected chi connectivity index (χ2v) is 0.575. The minimum Gasteiger partial charge on any atom is -1.00 e. The molecule has 0 rings (SSSR count). The Morgan fingerprint density at radius 3 is 0.714 bits per heavy atom. The van der Waals surface area contributed by atoms with Crippen LogP contribution in [0.25, 0.3) is 0 Å². The number of hydrogen-bond acceptors (Lipinski definition) is 4. The Kier molecular flexibility index (Phi) is 254. The average Bonchev–Trinajstić information content (AvgIpc) is 1.36. The predicted octanol–water partition coefficient (Wildman–Crippen LogP) is -12.8. The van der Waals surface area contributed by atoms with Crippen molar-refractivity contribution >= 4 is 11.9 Å². The molecule has 0 saturated heterocycles. The second-order valence-electron chi connectivity index (χ2n) is 0.575. The van der Waals surface area contributed by atoms with Crippen molar-refractivity contribution in [2.75, 3.05) is 0 Å². The van der Waals surface area contributed by atoms with Crippen LogP contribution in [-0.2, 0) is 51.7 Å². The smallest absolute Gasteiger partial charge is 1.00 e. The molecule has 0 aromatic heterocycles. The molecule has 0 fully saturated rings. The fourth-order valence-electron chi connectivity index (χ4n) is 0. The zero-order valence-corrected chi connectivity index (χ0v) is 14.9. The quantitative estimate of drug-likeness (QED) is 0.173. The van der Waals surface area contributed by atoms with Crippen molar-refractivity contribution in [3.05, 3.63) is 0 Å². The van der Waals surface area contributed by atoms with Gasteiger partial charge in [0.25, 0.3) is 0 Å². The van der Waals surface area contributed by atoms with Gasteiger partial charge in [-0.05, 0) is 0 Å². The largest absolute Gasteiger partial charge is 2.00 e. The molecule has 0 radical (unpaired) electrons. The number of rotatable bonds is 0. The average molecular weight is 804 g/mol. The Bertz CT molecular complexity index is 89.3. The van der Waals surface area contributed by atoms with Gasteiger partial charge in [-0.15, -0.1) is 0 Å². The Hall–Kier alpha value is 1.62. The maximum atomic E-state index is 8.93. The molecule has 0 aromatic rings. The van der Waals surface area contributed by atoms with Gasteiger partial charge in [0, 0.05) is 0 Å². The third-order valence-electron chi connectivity index (χ3n) is 0.167. The number of carboxylic acids is 2. The van der Waals surface area contributed by atoms with E-state index in [1.807, 2.05) is 0 Å². The van der Waals surface area contributed by atoms with E-state index in [9.17, 15) is 0 Å². The molecule has 0 amide bonds. The molecule has 14 heavy (non-hydrogen) atoms.